The Morgan fingerprint density at radius 3 is 2.56 bits per heavy atom. The van der Waals surface area contributed by atoms with Gasteiger partial charge in [-0.3, -0.25) is 4.40 Å². The Labute approximate surface area is 210 Å². The van der Waals surface area contributed by atoms with Crippen LogP contribution in [-0.4, -0.2) is 48.0 Å². The van der Waals surface area contributed by atoms with Gasteiger partial charge in [0.1, 0.15) is 17.3 Å². The van der Waals surface area contributed by atoms with E-state index in [1.807, 2.05) is 40.2 Å². The minimum atomic E-state index is -3.75. The van der Waals surface area contributed by atoms with Crippen LogP contribution in [0.1, 0.15) is 0 Å². The van der Waals surface area contributed by atoms with Crippen molar-refractivity contribution in [1.82, 2.24) is 24.1 Å². The molecule has 12 heteroatoms. The molecule has 0 radical (unpaired) electrons. The first-order valence-electron chi connectivity index (χ1n) is 10.9. The van der Waals surface area contributed by atoms with Gasteiger partial charge in [-0.2, -0.15) is 0 Å². The predicted octanol–water partition coefficient (Wildman–Crippen LogP) is 4.06. The number of nitrogens with zero attached hydrogens (tertiary/aromatic N) is 4. The number of fused-ring (bicyclic) bond motifs is 1. The second-order valence-electron chi connectivity index (χ2n) is 7.64. The van der Waals surface area contributed by atoms with Gasteiger partial charge in [-0.1, -0.05) is 0 Å². The summed E-state index contributed by atoms with van der Waals surface area (Å²) >= 11 is 1.52. The van der Waals surface area contributed by atoms with Crippen LogP contribution in [0.25, 0.3) is 27.6 Å². The van der Waals surface area contributed by atoms with Crippen LogP contribution in [-0.2, 0) is 10.0 Å². The number of anilines is 1. The quantitative estimate of drug-likeness (QED) is 0.280. The molecule has 0 aliphatic rings. The first-order chi connectivity index (χ1) is 17.4. The minimum Gasteiger partial charge on any atom is -0.497 e. The van der Waals surface area contributed by atoms with Crippen LogP contribution in [0.2, 0.25) is 0 Å². The topological polar surface area (TPSA) is 111 Å². The van der Waals surface area contributed by atoms with Gasteiger partial charge in [-0.05, 0) is 54.6 Å². The zero-order valence-electron chi connectivity index (χ0n) is 19.1. The zero-order chi connectivity index (χ0) is 25.1. The van der Waals surface area contributed by atoms with Crippen molar-refractivity contribution in [2.75, 3.05) is 25.5 Å². The van der Waals surface area contributed by atoms with E-state index in [2.05, 4.69) is 20.0 Å². The van der Waals surface area contributed by atoms with Crippen molar-refractivity contribution in [2.24, 2.45) is 0 Å². The molecular formula is C24H21FN6O3S2. The van der Waals surface area contributed by atoms with E-state index in [9.17, 15) is 12.8 Å². The Hall–Kier alpha value is -3.87. The lowest BCUT2D eigenvalue weighted by atomic mass is 10.1. The lowest BCUT2D eigenvalue weighted by Crippen LogP contribution is -2.29. The highest BCUT2D eigenvalue weighted by molar-refractivity contribution is 7.89. The van der Waals surface area contributed by atoms with Crippen LogP contribution in [0, 0.1) is 5.82 Å². The van der Waals surface area contributed by atoms with Crippen LogP contribution in [0.3, 0.4) is 0 Å². The van der Waals surface area contributed by atoms with Crippen molar-refractivity contribution in [3.05, 3.63) is 78.2 Å². The average molecular weight is 525 g/mol. The highest BCUT2D eigenvalue weighted by Gasteiger charge is 2.19. The summed E-state index contributed by atoms with van der Waals surface area (Å²) in [6, 6.07) is 14.1. The number of thiazole rings is 1. The number of sulfonamides is 1. The van der Waals surface area contributed by atoms with Crippen LogP contribution in [0.4, 0.5) is 10.3 Å². The second-order valence-corrected chi connectivity index (χ2v) is 10.3. The first-order valence-corrected chi connectivity index (χ1v) is 13.2. The molecule has 0 fully saturated rings. The highest BCUT2D eigenvalue weighted by atomic mass is 32.2. The number of imidazole rings is 1. The smallest absolute Gasteiger partial charge is 0.240 e. The zero-order valence-corrected chi connectivity index (χ0v) is 20.7. The number of ether oxygens (including phenoxy) is 1. The van der Waals surface area contributed by atoms with E-state index in [0.717, 1.165) is 39.8 Å². The van der Waals surface area contributed by atoms with Crippen molar-refractivity contribution in [3.8, 4) is 28.4 Å². The maximum Gasteiger partial charge on any atom is 0.240 e. The standard InChI is InChI=1S/C24H21FN6O3S2/c1-34-18-6-2-16(3-7-18)21-22(31-14-15-35-24(31)30-21)20-10-11-26-23(29-20)27-12-13-28-36(32,33)19-8-4-17(25)5-9-19/h2-11,14-15,28H,12-13H2,1H3,(H,26,27,29). The molecule has 2 N–H and O–H groups in total. The molecule has 2 aromatic carbocycles. The third-order valence-corrected chi connectivity index (χ3v) is 7.58. The molecule has 0 unspecified atom stereocenters. The molecule has 0 aliphatic heterocycles. The van der Waals surface area contributed by atoms with Crippen LogP contribution < -0.4 is 14.8 Å². The molecule has 0 saturated heterocycles. The molecule has 0 amide bonds. The van der Waals surface area contributed by atoms with Crippen LogP contribution >= 0.6 is 11.3 Å². The summed E-state index contributed by atoms with van der Waals surface area (Å²) in [5.74, 6) is 0.602. The van der Waals surface area contributed by atoms with Gasteiger partial charge in [0, 0.05) is 36.4 Å². The third kappa shape index (κ3) is 4.91. The maximum absolute atomic E-state index is 13.1. The number of rotatable bonds is 9. The minimum absolute atomic E-state index is 0.00581. The number of halogens is 1. The lowest BCUT2D eigenvalue weighted by molar-refractivity contribution is 0.415. The molecule has 0 bridgehead atoms. The summed E-state index contributed by atoms with van der Waals surface area (Å²) in [7, 11) is -2.13. The van der Waals surface area contributed by atoms with Crippen molar-refractivity contribution in [1.29, 1.82) is 0 Å². The highest BCUT2D eigenvalue weighted by Crippen LogP contribution is 2.34. The number of nitrogens with one attached hydrogen (secondary N) is 2. The van der Waals surface area contributed by atoms with Gasteiger partial charge in [-0.25, -0.2) is 32.5 Å². The van der Waals surface area contributed by atoms with Crippen molar-refractivity contribution in [2.45, 2.75) is 4.90 Å². The molecule has 0 atom stereocenters. The van der Waals surface area contributed by atoms with Crippen molar-refractivity contribution < 1.29 is 17.5 Å². The van der Waals surface area contributed by atoms with Gasteiger partial charge in [0.05, 0.1) is 23.4 Å². The normalized spacial score (nSPS) is 11.6. The molecule has 5 rings (SSSR count). The molecule has 184 valence electrons. The van der Waals surface area contributed by atoms with E-state index in [4.69, 9.17) is 9.72 Å². The summed E-state index contributed by atoms with van der Waals surface area (Å²) in [5, 5.41) is 5.00. The van der Waals surface area contributed by atoms with Crippen LogP contribution in [0.5, 0.6) is 5.75 Å². The molecule has 3 heterocycles. The molecule has 0 saturated carbocycles. The molecule has 3 aromatic heterocycles. The number of methoxy groups -OCH3 is 1. The average Bonchev–Trinajstić information content (AvgIpc) is 3.49. The summed E-state index contributed by atoms with van der Waals surface area (Å²) in [4.78, 5) is 14.5. The van der Waals surface area contributed by atoms with Crippen molar-refractivity contribution >= 4 is 32.3 Å². The molecule has 36 heavy (non-hydrogen) atoms. The molecular weight excluding hydrogens is 503 g/mol. The predicted molar refractivity (Wildman–Crippen MR) is 136 cm³/mol. The van der Waals surface area contributed by atoms with E-state index >= 15 is 0 Å². The Bertz CT molecular complexity index is 1600. The van der Waals surface area contributed by atoms with Crippen molar-refractivity contribution in [3.63, 3.8) is 0 Å². The summed E-state index contributed by atoms with van der Waals surface area (Å²) in [5.41, 5.74) is 3.18. The maximum atomic E-state index is 13.1. The SMILES string of the molecule is COc1ccc(-c2nc3sccn3c2-c2ccnc(NCCNS(=O)(=O)c3ccc(F)cc3)n2)cc1. The molecule has 0 aliphatic carbocycles. The molecule has 5 aromatic rings. The van der Waals surface area contributed by atoms with Gasteiger partial charge in [0.15, 0.2) is 4.96 Å². The largest absolute Gasteiger partial charge is 0.497 e. The number of benzene rings is 2. The monoisotopic (exact) mass is 524 g/mol. The lowest BCUT2D eigenvalue weighted by Gasteiger charge is -2.09. The fourth-order valence-electron chi connectivity index (χ4n) is 3.61. The summed E-state index contributed by atoms with van der Waals surface area (Å²) in [6.45, 7) is 0.335. The first kappa shape index (κ1) is 23.9. The summed E-state index contributed by atoms with van der Waals surface area (Å²) in [6.07, 6.45) is 3.58. The third-order valence-electron chi connectivity index (χ3n) is 5.35. The summed E-state index contributed by atoms with van der Waals surface area (Å²) < 4.78 is 47.5. The number of hydrogen-bond donors (Lipinski definition) is 2. The van der Waals surface area contributed by atoms with E-state index in [1.165, 1.54) is 23.5 Å². The Balaban J connectivity index is 1.34. The number of aromatic nitrogens is 4. The Morgan fingerprint density at radius 1 is 1.03 bits per heavy atom. The van der Waals surface area contributed by atoms with Gasteiger partial charge < -0.3 is 10.1 Å². The molecule has 9 nitrogen and oxygen atoms in total. The Morgan fingerprint density at radius 2 is 1.81 bits per heavy atom. The Kier molecular flexibility index (Phi) is 6.63. The fraction of sp³-hybridized carbons (Fsp3) is 0.125. The van der Waals surface area contributed by atoms with E-state index in [1.54, 1.807) is 19.4 Å². The van der Waals surface area contributed by atoms with E-state index in [-0.39, 0.29) is 18.0 Å². The van der Waals surface area contributed by atoms with E-state index in [0.29, 0.717) is 11.6 Å². The fourth-order valence-corrected chi connectivity index (χ4v) is 5.36. The van der Waals surface area contributed by atoms with Gasteiger partial charge in [-0.15, -0.1) is 11.3 Å². The second kappa shape index (κ2) is 10.0. The van der Waals surface area contributed by atoms with E-state index < -0.39 is 15.8 Å². The van der Waals surface area contributed by atoms with Gasteiger partial charge >= 0.3 is 0 Å². The van der Waals surface area contributed by atoms with Gasteiger partial charge in [0.2, 0.25) is 16.0 Å². The van der Waals surface area contributed by atoms with Gasteiger partial charge in [0.25, 0.3) is 0 Å². The van der Waals surface area contributed by atoms with Crippen LogP contribution in [0.15, 0.2) is 77.3 Å². The molecule has 0 spiro atoms. The number of hydrogen-bond acceptors (Lipinski definition) is 8.